The summed E-state index contributed by atoms with van der Waals surface area (Å²) in [4.78, 5) is 28.2. The number of carbonyl (C=O) groups excluding carboxylic acids is 1. The van der Waals surface area contributed by atoms with E-state index in [9.17, 15) is 4.79 Å². The number of piperidine rings is 1. The van der Waals surface area contributed by atoms with Crippen molar-refractivity contribution in [1.82, 2.24) is 4.98 Å². The first-order valence-electron chi connectivity index (χ1n) is 11.4. The van der Waals surface area contributed by atoms with Crippen LogP contribution in [0.2, 0.25) is 0 Å². The second-order valence-corrected chi connectivity index (χ2v) is 9.76. The Labute approximate surface area is 199 Å². The summed E-state index contributed by atoms with van der Waals surface area (Å²) in [6, 6.07) is 7.82. The lowest BCUT2D eigenvalue weighted by Gasteiger charge is -2.24. The summed E-state index contributed by atoms with van der Waals surface area (Å²) < 4.78 is 0. The van der Waals surface area contributed by atoms with Crippen LogP contribution in [0, 0.1) is 12.8 Å². The number of aliphatic imine (C=N–C) groups is 1. The first kappa shape index (κ1) is 23.1. The van der Waals surface area contributed by atoms with E-state index in [-0.39, 0.29) is 11.8 Å². The summed E-state index contributed by atoms with van der Waals surface area (Å²) in [5, 5.41) is 3.71. The maximum Gasteiger partial charge on any atom is 0.303 e. The molecule has 1 aromatic carbocycles. The van der Waals surface area contributed by atoms with E-state index in [1.165, 1.54) is 31.0 Å². The highest BCUT2D eigenvalue weighted by Gasteiger charge is 2.29. The lowest BCUT2D eigenvalue weighted by molar-refractivity contribution is -0.420. The molecule has 9 heteroatoms. The lowest BCUT2D eigenvalue weighted by atomic mass is 10.1. The number of anilines is 2. The molecule has 8 nitrogen and oxygen atoms in total. The van der Waals surface area contributed by atoms with Gasteiger partial charge in [0.15, 0.2) is 0 Å². The van der Waals surface area contributed by atoms with Gasteiger partial charge in [-0.1, -0.05) is 4.98 Å². The van der Waals surface area contributed by atoms with Crippen LogP contribution in [0.4, 0.5) is 17.3 Å². The zero-order chi connectivity index (χ0) is 23.4. The fourth-order valence-corrected chi connectivity index (χ4v) is 4.57. The highest BCUT2D eigenvalue weighted by atomic mass is 32.2. The molecular formula is C24H32N7OS+. The average Bonchev–Trinajstić information content (AvgIpc) is 3.63. The molecule has 174 valence electrons. The van der Waals surface area contributed by atoms with Gasteiger partial charge >= 0.3 is 5.16 Å². The maximum atomic E-state index is 12.0. The number of benzene rings is 1. The Morgan fingerprint density at radius 3 is 2.55 bits per heavy atom. The van der Waals surface area contributed by atoms with E-state index < -0.39 is 0 Å². The number of nitrogens with zero attached hydrogens (tertiary/aromatic N) is 3. The molecule has 0 spiro atoms. The van der Waals surface area contributed by atoms with Gasteiger partial charge in [-0.05, 0) is 88.1 Å². The molecular weight excluding hydrogens is 434 g/mol. The highest BCUT2D eigenvalue weighted by Crippen LogP contribution is 2.32. The van der Waals surface area contributed by atoms with Crippen molar-refractivity contribution >= 4 is 40.8 Å². The third kappa shape index (κ3) is 6.25. The minimum Gasteiger partial charge on any atom is -0.402 e. The van der Waals surface area contributed by atoms with Crippen LogP contribution >= 0.6 is 11.8 Å². The lowest BCUT2D eigenvalue weighted by Crippen LogP contribution is -2.35. The molecule has 2 aromatic rings. The minimum absolute atomic E-state index is 0.108. The molecule has 0 radical (unpaired) electrons. The molecule has 1 saturated carbocycles. The van der Waals surface area contributed by atoms with Gasteiger partial charge in [-0.25, -0.2) is 4.98 Å². The average molecular weight is 467 g/mol. The Balaban J connectivity index is 1.60. The van der Waals surface area contributed by atoms with Gasteiger partial charge in [-0.2, -0.15) is 4.99 Å². The number of nitrogens with one attached hydrogen (secondary N) is 2. The van der Waals surface area contributed by atoms with Crippen molar-refractivity contribution in [3.05, 3.63) is 41.6 Å². The van der Waals surface area contributed by atoms with Gasteiger partial charge in [-0.15, -0.1) is 0 Å². The molecule has 1 saturated heterocycles. The van der Waals surface area contributed by atoms with Crippen molar-refractivity contribution in [3.63, 3.8) is 0 Å². The number of amides is 1. The van der Waals surface area contributed by atoms with Crippen LogP contribution in [0.15, 0.2) is 51.1 Å². The van der Waals surface area contributed by atoms with Crippen LogP contribution in [-0.4, -0.2) is 29.8 Å². The predicted octanol–water partition coefficient (Wildman–Crippen LogP) is 3.55. The summed E-state index contributed by atoms with van der Waals surface area (Å²) in [5.74, 6) is 2.23. The molecule has 1 aromatic heterocycles. The standard InChI is InChI=1S/C24H31N7OS/c1-15(25)14-20(26)28-21-16(2)22(31-12-4-3-5-13-31)30-24(29-21)33-19-10-8-18(9-11-19)27-23(32)17-6-7-17/h8-11,14,17H,3-7,12-13,25H2,1-2H3,(H,27,32)(H2,26,28,29,30)/p+1/b15-14-. The normalized spacial score (nSPS) is 17.2. The summed E-state index contributed by atoms with van der Waals surface area (Å²) >= 11 is 1.52. The number of allylic oxidation sites excluding steroid dienone is 1. The number of H-pyrrole nitrogens is 1. The van der Waals surface area contributed by atoms with E-state index in [2.05, 4.69) is 20.2 Å². The Bertz CT molecular complexity index is 1070. The smallest absolute Gasteiger partial charge is 0.303 e. The van der Waals surface area contributed by atoms with Crippen molar-refractivity contribution in [2.45, 2.75) is 56.0 Å². The van der Waals surface area contributed by atoms with Crippen LogP contribution in [-0.2, 0) is 4.79 Å². The van der Waals surface area contributed by atoms with Crippen molar-refractivity contribution in [1.29, 1.82) is 0 Å². The molecule has 0 atom stereocenters. The van der Waals surface area contributed by atoms with Gasteiger partial charge in [-0.3, -0.25) is 9.69 Å². The number of rotatable bonds is 7. The molecule has 6 N–H and O–H groups in total. The van der Waals surface area contributed by atoms with Crippen molar-refractivity contribution < 1.29 is 9.78 Å². The number of aromatic nitrogens is 2. The second-order valence-electron chi connectivity index (χ2n) is 8.70. The summed E-state index contributed by atoms with van der Waals surface area (Å²) in [5.41, 5.74) is 14.2. The summed E-state index contributed by atoms with van der Waals surface area (Å²) in [6.07, 6.45) is 7.21. The van der Waals surface area contributed by atoms with Crippen LogP contribution in [0.5, 0.6) is 0 Å². The number of carbonyl (C=O) groups is 1. The molecule has 1 aliphatic heterocycles. The SMILES string of the molecule is C/C(N)=C/C(N)=Nc1nc(Sc2ccc(NC(=O)C3CC3)cc2)[nH+]c(N2CCCCC2)c1C. The number of aromatic amines is 1. The van der Waals surface area contributed by atoms with E-state index in [0.717, 1.165) is 53.1 Å². The molecule has 1 aliphatic carbocycles. The molecule has 4 rings (SSSR count). The Kier molecular flexibility index (Phi) is 7.17. The first-order chi connectivity index (χ1) is 15.9. The van der Waals surface area contributed by atoms with Gasteiger partial charge < -0.3 is 16.8 Å². The number of hydrogen-bond acceptors (Lipinski definition) is 6. The molecule has 2 fully saturated rings. The van der Waals surface area contributed by atoms with Crippen LogP contribution in [0.1, 0.15) is 44.6 Å². The van der Waals surface area contributed by atoms with E-state index in [1.54, 1.807) is 13.0 Å². The zero-order valence-electron chi connectivity index (χ0n) is 19.2. The number of nitrogens with two attached hydrogens (primary N) is 2. The minimum atomic E-state index is 0.108. The van der Waals surface area contributed by atoms with E-state index in [4.69, 9.17) is 16.5 Å². The van der Waals surface area contributed by atoms with Crippen LogP contribution in [0.3, 0.4) is 0 Å². The summed E-state index contributed by atoms with van der Waals surface area (Å²) in [7, 11) is 0. The number of amidine groups is 1. The predicted molar refractivity (Wildman–Crippen MR) is 133 cm³/mol. The zero-order valence-corrected chi connectivity index (χ0v) is 20.0. The quantitative estimate of drug-likeness (QED) is 0.326. The van der Waals surface area contributed by atoms with Crippen LogP contribution in [0.25, 0.3) is 0 Å². The third-order valence-corrected chi connectivity index (χ3v) is 6.59. The fraction of sp³-hybridized carbons (Fsp3) is 0.417. The van der Waals surface area contributed by atoms with Crippen molar-refractivity contribution in [3.8, 4) is 0 Å². The topological polar surface area (TPSA) is 124 Å². The van der Waals surface area contributed by atoms with Crippen molar-refractivity contribution in [2.75, 3.05) is 23.3 Å². The van der Waals surface area contributed by atoms with E-state index >= 15 is 0 Å². The molecule has 33 heavy (non-hydrogen) atoms. The maximum absolute atomic E-state index is 12.0. The summed E-state index contributed by atoms with van der Waals surface area (Å²) in [6.45, 7) is 5.80. The van der Waals surface area contributed by atoms with E-state index in [0.29, 0.717) is 17.4 Å². The van der Waals surface area contributed by atoms with Gasteiger partial charge in [0.25, 0.3) is 0 Å². The monoisotopic (exact) mass is 466 g/mol. The van der Waals surface area contributed by atoms with Gasteiger partial charge in [0.05, 0.1) is 18.7 Å². The largest absolute Gasteiger partial charge is 0.402 e. The third-order valence-electron chi connectivity index (χ3n) is 5.69. The molecule has 2 aliphatic rings. The fourth-order valence-electron chi connectivity index (χ4n) is 3.80. The van der Waals surface area contributed by atoms with Gasteiger partial charge in [0, 0.05) is 22.2 Å². The highest BCUT2D eigenvalue weighted by molar-refractivity contribution is 7.99. The number of hydrogen-bond donors (Lipinski definition) is 3. The first-order valence-corrected chi connectivity index (χ1v) is 12.3. The van der Waals surface area contributed by atoms with Crippen LogP contribution < -0.4 is 26.7 Å². The Morgan fingerprint density at radius 1 is 1.21 bits per heavy atom. The second kappa shape index (κ2) is 10.2. The Hall–Kier alpha value is -3.07. The van der Waals surface area contributed by atoms with Gasteiger partial charge in [0.1, 0.15) is 5.84 Å². The molecule has 0 unspecified atom stereocenters. The van der Waals surface area contributed by atoms with Crippen molar-refractivity contribution in [2.24, 2.45) is 22.4 Å². The Morgan fingerprint density at radius 2 is 1.91 bits per heavy atom. The molecule has 1 amide bonds. The molecule has 2 heterocycles. The van der Waals surface area contributed by atoms with Gasteiger partial charge in [0.2, 0.25) is 17.5 Å². The van der Waals surface area contributed by atoms with E-state index in [1.807, 2.05) is 31.2 Å². The molecule has 0 bridgehead atoms.